The van der Waals surface area contributed by atoms with Crippen LogP contribution >= 0.6 is 15.9 Å². The maximum Gasteiger partial charge on any atom is 0.144 e. The van der Waals surface area contributed by atoms with Crippen molar-refractivity contribution < 1.29 is 8.78 Å². The number of rotatable bonds is 3. The molecule has 0 aliphatic carbocycles. The number of hydrogen-bond acceptors (Lipinski definition) is 2. The first-order valence-electron chi connectivity index (χ1n) is 7.48. The van der Waals surface area contributed by atoms with E-state index in [0.29, 0.717) is 17.1 Å². The van der Waals surface area contributed by atoms with Gasteiger partial charge in [-0.25, -0.2) is 8.78 Å². The van der Waals surface area contributed by atoms with Gasteiger partial charge in [-0.2, -0.15) is 0 Å². The Hall–Kier alpha value is -0.520. The monoisotopic (exact) mass is 360 g/mol. The fourth-order valence-corrected chi connectivity index (χ4v) is 3.16. The van der Waals surface area contributed by atoms with E-state index in [2.05, 4.69) is 46.9 Å². The zero-order chi connectivity index (χ0) is 15.6. The van der Waals surface area contributed by atoms with E-state index >= 15 is 0 Å². The third kappa shape index (κ3) is 3.82. The molecule has 0 saturated carbocycles. The summed E-state index contributed by atoms with van der Waals surface area (Å²) < 4.78 is 28.5. The maximum atomic E-state index is 14.2. The third-order valence-corrected chi connectivity index (χ3v) is 5.18. The van der Waals surface area contributed by atoms with E-state index in [-0.39, 0.29) is 11.1 Å². The molecule has 0 bridgehead atoms. The lowest BCUT2D eigenvalue weighted by molar-refractivity contribution is 0.159. The van der Waals surface area contributed by atoms with Gasteiger partial charge in [0.15, 0.2) is 0 Å². The van der Waals surface area contributed by atoms with Gasteiger partial charge in [0.25, 0.3) is 0 Å². The normalized spacial score (nSPS) is 27.6. The smallest absolute Gasteiger partial charge is 0.144 e. The lowest BCUT2D eigenvalue weighted by Gasteiger charge is -2.35. The highest BCUT2D eigenvalue weighted by molar-refractivity contribution is 9.10. The summed E-state index contributed by atoms with van der Waals surface area (Å²) in [4.78, 5) is 2.18. The van der Waals surface area contributed by atoms with Gasteiger partial charge in [-0.15, -0.1) is 0 Å². The number of hydrogen-bond donors (Lipinski definition) is 1. The fourth-order valence-electron chi connectivity index (χ4n) is 2.79. The standard InChI is InChI=1S/C16H23BrF2N2/c1-4-16(3)10-21(11(2)7-8-20-16)9-12-14(18)6-5-13(17)15(12)19/h5-6,11,20H,4,7-10H2,1-3H3. The van der Waals surface area contributed by atoms with Crippen molar-refractivity contribution in [3.63, 3.8) is 0 Å². The summed E-state index contributed by atoms with van der Waals surface area (Å²) in [6, 6.07) is 3.03. The van der Waals surface area contributed by atoms with Gasteiger partial charge in [-0.05, 0) is 61.3 Å². The fraction of sp³-hybridized carbons (Fsp3) is 0.625. The lowest BCUT2D eigenvalue weighted by atomic mass is 9.98. The minimum absolute atomic E-state index is 0.0102. The molecule has 0 spiro atoms. The quantitative estimate of drug-likeness (QED) is 0.817. The van der Waals surface area contributed by atoms with Crippen molar-refractivity contribution >= 4 is 15.9 Å². The predicted molar refractivity (Wildman–Crippen MR) is 85.2 cm³/mol. The van der Waals surface area contributed by atoms with Crippen molar-refractivity contribution in [2.45, 2.75) is 51.7 Å². The lowest BCUT2D eigenvalue weighted by Crippen LogP contribution is -2.49. The predicted octanol–water partition coefficient (Wildman–Crippen LogP) is 4.08. The Labute approximate surface area is 134 Å². The molecule has 1 saturated heterocycles. The van der Waals surface area contributed by atoms with Crippen LogP contribution in [0.15, 0.2) is 16.6 Å². The molecule has 2 rings (SSSR count). The van der Waals surface area contributed by atoms with Gasteiger partial charge in [0.2, 0.25) is 0 Å². The molecule has 0 amide bonds. The van der Waals surface area contributed by atoms with Gasteiger partial charge < -0.3 is 5.32 Å². The Morgan fingerprint density at radius 1 is 1.43 bits per heavy atom. The summed E-state index contributed by atoms with van der Waals surface area (Å²) >= 11 is 3.14. The highest BCUT2D eigenvalue weighted by Gasteiger charge is 2.31. The average Bonchev–Trinajstić information content (AvgIpc) is 2.59. The van der Waals surface area contributed by atoms with E-state index in [1.165, 1.54) is 12.1 Å². The Morgan fingerprint density at radius 2 is 2.14 bits per heavy atom. The van der Waals surface area contributed by atoms with E-state index in [1.807, 2.05) is 0 Å². The minimum Gasteiger partial charge on any atom is -0.310 e. The summed E-state index contributed by atoms with van der Waals surface area (Å²) in [5, 5.41) is 3.56. The van der Waals surface area contributed by atoms with Gasteiger partial charge in [0.05, 0.1) is 4.47 Å². The number of nitrogens with one attached hydrogen (secondary N) is 1. The van der Waals surface area contributed by atoms with Crippen LogP contribution in [0.1, 0.15) is 39.2 Å². The third-order valence-electron chi connectivity index (χ3n) is 4.57. The second-order valence-electron chi connectivity index (χ2n) is 6.21. The molecule has 0 radical (unpaired) electrons. The Balaban J connectivity index is 2.26. The summed E-state index contributed by atoms with van der Waals surface area (Å²) in [7, 11) is 0. The van der Waals surface area contributed by atoms with Crippen molar-refractivity contribution in [1.82, 2.24) is 10.2 Å². The number of halogens is 3. The molecule has 21 heavy (non-hydrogen) atoms. The molecular weight excluding hydrogens is 338 g/mol. The van der Waals surface area contributed by atoms with Gasteiger partial charge >= 0.3 is 0 Å². The molecule has 1 aromatic rings. The first-order chi connectivity index (χ1) is 9.86. The summed E-state index contributed by atoms with van der Waals surface area (Å²) in [6.07, 6.45) is 1.96. The molecule has 0 aromatic heterocycles. The van der Waals surface area contributed by atoms with Gasteiger partial charge in [-0.1, -0.05) is 6.92 Å². The minimum atomic E-state index is -0.488. The second-order valence-corrected chi connectivity index (χ2v) is 7.06. The van der Waals surface area contributed by atoms with Crippen LogP contribution in [0.5, 0.6) is 0 Å². The van der Waals surface area contributed by atoms with Crippen LogP contribution in [-0.4, -0.2) is 29.6 Å². The van der Waals surface area contributed by atoms with Crippen molar-refractivity contribution in [3.8, 4) is 0 Å². The highest BCUT2D eigenvalue weighted by atomic mass is 79.9. The molecule has 1 aromatic carbocycles. The van der Waals surface area contributed by atoms with Crippen molar-refractivity contribution in [2.24, 2.45) is 0 Å². The van der Waals surface area contributed by atoms with Crippen LogP contribution in [0.2, 0.25) is 0 Å². The molecule has 2 atom stereocenters. The van der Waals surface area contributed by atoms with Crippen LogP contribution in [0, 0.1) is 11.6 Å². The van der Waals surface area contributed by atoms with E-state index in [9.17, 15) is 8.78 Å². The molecule has 1 aliphatic rings. The summed E-state index contributed by atoms with van der Waals surface area (Å²) in [5.74, 6) is -0.962. The van der Waals surface area contributed by atoms with Crippen LogP contribution < -0.4 is 5.32 Å². The largest absolute Gasteiger partial charge is 0.310 e. The number of benzene rings is 1. The second kappa shape index (κ2) is 6.71. The molecule has 5 heteroatoms. The summed E-state index contributed by atoms with van der Waals surface area (Å²) in [5.41, 5.74) is 0.139. The highest BCUT2D eigenvalue weighted by Crippen LogP contribution is 2.26. The Bertz CT molecular complexity index is 509. The van der Waals surface area contributed by atoms with Gasteiger partial charge in [0, 0.05) is 30.2 Å². The molecule has 2 unspecified atom stereocenters. The molecule has 118 valence electrons. The molecule has 1 aliphatic heterocycles. The summed E-state index contributed by atoms with van der Waals surface area (Å²) in [6.45, 7) is 8.46. The van der Waals surface area contributed by atoms with Gasteiger partial charge in [-0.3, -0.25) is 4.90 Å². The number of nitrogens with zero attached hydrogens (tertiary/aromatic N) is 1. The molecular formula is C16H23BrF2N2. The zero-order valence-electron chi connectivity index (χ0n) is 12.8. The van der Waals surface area contributed by atoms with E-state index in [1.54, 1.807) is 0 Å². The van der Waals surface area contributed by atoms with Crippen molar-refractivity contribution in [2.75, 3.05) is 13.1 Å². The Morgan fingerprint density at radius 3 is 2.81 bits per heavy atom. The first kappa shape index (κ1) is 16.8. The molecule has 1 heterocycles. The van der Waals surface area contributed by atoms with Crippen LogP contribution in [-0.2, 0) is 6.54 Å². The topological polar surface area (TPSA) is 15.3 Å². The zero-order valence-corrected chi connectivity index (χ0v) is 14.4. The van der Waals surface area contributed by atoms with Crippen LogP contribution in [0.4, 0.5) is 8.78 Å². The molecule has 2 nitrogen and oxygen atoms in total. The van der Waals surface area contributed by atoms with Gasteiger partial charge in [0.1, 0.15) is 11.6 Å². The van der Waals surface area contributed by atoms with E-state index < -0.39 is 11.6 Å². The van der Waals surface area contributed by atoms with Crippen LogP contribution in [0.25, 0.3) is 0 Å². The first-order valence-corrected chi connectivity index (χ1v) is 8.27. The molecule has 1 N–H and O–H groups in total. The average molecular weight is 361 g/mol. The van der Waals surface area contributed by atoms with Crippen molar-refractivity contribution in [1.29, 1.82) is 0 Å². The SMILES string of the molecule is CCC1(C)CN(Cc2c(F)ccc(Br)c2F)C(C)CCN1. The molecule has 1 fully saturated rings. The van der Waals surface area contributed by atoms with E-state index in [0.717, 1.165) is 25.9 Å². The van der Waals surface area contributed by atoms with Crippen LogP contribution in [0.3, 0.4) is 0 Å². The van der Waals surface area contributed by atoms with E-state index in [4.69, 9.17) is 0 Å². The maximum absolute atomic E-state index is 14.2. The van der Waals surface area contributed by atoms with Crippen molar-refractivity contribution in [3.05, 3.63) is 33.8 Å². The Kier molecular flexibility index (Phi) is 5.38.